The van der Waals surface area contributed by atoms with Gasteiger partial charge in [-0.15, -0.1) is 0 Å². The Morgan fingerprint density at radius 3 is 2.67 bits per heavy atom. The number of aromatic nitrogens is 2. The molecule has 2 aromatic carbocycles. The van der Waals surface area contributed by atoms with Crippen LogP contribution >= 0.6 is 0 Å². The van der Waals surface area contributed by atoms with Gasteiger partial charge in [-0.3, -0.25) is 0 Å². The monoisotopic (exact) mass is 324 g/mol. The molecule has 0 fully saturated rings. The lowest BCUT2D eigenvalue weighted by atomic mass is 10.2. The molecule has 0 aliphatic rings. The molecule has 0 spiro atoms. The van der Waals surface area contributed by atoms with Gasteiger partial charge < -0.3 is 20.8 Å². The number of aliphatic hydroxyl groups is 1. The van der Waals surface area contributed by atoms with Crippen molar-refractivity contribution in [2.24, 2.45) is 0 Å². The van der Waals surface area contributed by atoms with Crippen molar-refractivity contribution in [2.45, 2.75) is 19.4 Å². The van der Waals surface area contributed by atoms with E-state index in [9.17, 15) is 10.2 Å². The Kier molecular flexibility index (Phi) is 4.77. The molecule has 0 radical (unpaired) electrons. The Hall–Kier alpha value is -2.86. The number of anilines is 3. The molecule has 1 atom stereocenters. The average Bonchev–Trinajstić information content (AvgIpc) is 2.59. The van der Waals surface area contributed by atoms with E-state index in [1.54, 1.807) is 18.2 Å². The van der Waals surface area contributed by atoms with Crippen molar-refractivity contribution in [1.82, 2.24) is 9.97 Å². The van der Waals surface area contributed by atoms with Crippen LogP contribution in [0.15, 0.2) is 48.5 Å². The molecule has 0 saturated heterocycles. The summed E-state index contributed by atoms with van der Waals surface area (Å²) in [6, 6.07) is 14.4. The zero-order valence-corrected chi connectivity index (χ0v) is 13.4. The normalized spacial score (nSPS) is 12.1. The molecule has 0 saturated carbocycles. The van der Waals surface area contributed by atoms with Gasteiger partial charge in [0.05, 0.1) is 18.2 Å². The van der Waals surface area contributed by atoms with Crippen LogP contribution in [0, 0.1) is 0 Å². The van der Waals surface area contributed by atoms with Crippen LogP contribution < -0.4 is 10.6 Å². The average molecular weight is 324 g/mol. The molecule has 4 N–H and O–H groups in total. The molecule has 1 aromatic heterocycles. The molecule has 6 heteroatoms. The summed E-state index contributed by atoms with van der Waals surface area (Å²) in [4.78, 5) is 9.05. The highest BCUT2D eigenvalue weighted by atomic mass is 16.3. The van der Waals surface area contributed by atoms with Crippen molar-refractivity contribution in [3.8, 4) is 5.75 Å². The summed E-state index contributed by atoms with van der Waals surface area (Å²) in [5.41, 5.74) is 1.50. The summed E-state index contributed by atoms with van der Waals surface area (Å²) in [6.07, 6.45) is 0.782. The van der Waals surface area contributed by atoms with Crippen molar-refractivity contribution in [2.75, 3.05) is 17.2 Å². The van der Waals surface area contributed by atoms with E-state index in [1.165, 1.54) is 0 Å². The molecule has 0 aliphatic carbocycles. The van der Waals surface area contributed by atoms with Crippen LogP contribution in [0.5, 0.6) is 5.75 Å². The van der Waals surface area contributed by atoms with Crippen molar-refractivity contribution in [3.63, 3.8) is 0 Å². The lowest BCUT2D eigenvalue weighted by Crippen LogP contribution is -2.23. The number of benzene rings is 2. The van der Waals surface area contributed by atoms with Gasteiger partial charge in [0.15, 0.2) is 0 Å². The Labute approximate surface area is 140 Å². The number of rotatable bonds is 6. The molecule has 0 aliphatic heterocycles. The van der Waals surface area contributed by atoms with Crippen LogP contribution in [0.3, 0.4) is 0 Å². The largest absolute Gasteiger partial charge is 0.508 e. The third kappa shape index (κ3) is 3.55. The maximum absolute atomic E-state index is 9.58. The van der Waals surface area contributed by atoms with Gasteiger partial charge in [0.2, 0.25) is 5.95 Å². The number of phenolic OH excluding ortho intramolecular Hbond substituents is 1. The van der Waals surface area contributed by atoms with E-state index >= 15 is 0 Å². The fourth-order valence-corrected chi connectivity index (χ4v) is 2.43. The first-order valence-electron chi connectivity index (χ1n) is 7.90. The fourth-order valence-electron chi connectivity index (χ4n) is 2.43. The van der Waals surface area contributed by atoms with Crippen LogP contribution in [0.4, 0.5) is 17.5 Å². The maximum Gasteiger partial charge on any atom is 0.229 e. The molecule has 3 aromatic rings. The van der Waals surface area contributed by atoms with E-state index in [0.29, 0.717) is 17.5 Å². The summed E-state index contributed by atoms with van der Waals surface area (Å²) in [5.74, 6) is 1.27. The molecule has 124 valence electrons. The first kappa shape index (κ1) is 16.0. The number of phenols is 1. The number of aliphatic hydroxyl groups excluding tert-OH is 1. The van der Waals surface area contributed by atoms with Crippen molar-refractivity contribution < 1.29 is 10.2 Å². The number of para-hydroxylation sites is 1. The molecule has 0 amide bonds. The van der Waals surface area contributed by atoms with Gasteiger partial charge in [-0.05, 0) is 30.7 Å². The highest BCUT2D eigenvalue weighted by Gasteiger charge is 2.11. The number of nitrogens with zero attached hydrogens (tertiary/aromatic N) is 2. The van der Waals surface area contributed by atoms with E-state index in [1.807, 2.05) is 37.3 Å². The highest BCUT2D eigenvalue weighted by Crippen LogP contribution is 2.25. The molecule has 3 rings (SSSR count). The zero-order valence-electron chi connectivity index (χ0n) is 13.4. The Morgan fingerprint density at radius 2 is 1.92 bits per heavy atom. The van der Waals surface area contributed by atoms with Gasteiger partial charge in [-0.1, -0.05) is 25.1 Å². The predicted octanol–water partition coefficient (Wildman–Crippen LogP) is 3.26. The Bertz CT molecular complexity index is 834. The Balaban J connectivity index is 1.99. The summed E-state index contributed by atoms with van der Waals surface area (Å²) in [6.45, 7) is 2.04. The van der Waals surface area contributed by atoms with Gasteiger partial charge >= 0.3 is 0 Å². The van der Waals surface area contributed by atoms with Gasteiger partial charge in [0, 0.05) is 17.1 Å². The standard InChI is InChI=1S/C18H20N4O2/c1-2-12(11-23)19-17-15-8-3-4-9-16(15)21-18(22-17)20-13-6-5-7-14(24)10-13/h3-10,12,23-24H,2,11H2,1H3,(H2,19,20,21,22). The third-order valence-corrected chi connectivity index (χ3v) is 3.76. The zero-order chi connectivity index (χ0) is 16.9. The number of fused-ring (bicyclic) bond motifs is 1. The maximum atomic E-state index is 9.58. The van der Waals surface area contributed by atoms with E-state index in [2.05, 4.69) is 20.6 Å². The Morgan fingerprint density at radius 1 is 1.08 bits per heavy atom. The van der Waals surface area contributed by atoms with Crippen molar-refractivity contribution in [1.29, 1.82) is 0 Å². The molecular formula is C18H20N4O2. The lowest BCUT2D eigenvalue weighted by molar-refractivity contribution is 0.271. The number of hydrogen-bond acceptors (Lipinski definition) is 6. The molecule has 1 unspecified atom stereocenters. The summed E-state index contributed by atoms with van der Waals surface area (Å²) < 4.78 is 0. The number of hydrogen-bond donors (Lipinski definition) is 4. The molecule has 1 heterocycles. The van der Waals surface area contributed by atoms with Crippen LogP contribution in [0.25, 0.3) is 10.9 Å². The first-order chi connectivity index (χ1) is 11.7. The van der Waals surface area contributed by atoms with Crippen LogP contribution in [-0.4, -0.2) is 32.8 Å². The first-order valence-corrected chi connectivity index (χ1v) is 7.90. The number of aromatic hydroxyl groups is 1. The predicted molar refractivity (Wildman–Crippen MR) is 95.7 cm³/mol. The fraction of sp³-hybridized carbons (Fsp3) is 0.222. The second kappa shape index (κ2) is 7.14. The highest BCUT2D eigenvalue weighted by molar-refractivity contribution is 5.90. The summed E-state index contributed by atoms with van der Waals surface area (Å²) in [5, 5.41) is 26.3. The van der Waals surface area contributed by atoms with Gasteiger partial charge in [0.25, 0.3) is 0 Å². The molecule has 6 nitrogen and oxygen atoms in total. The van der Waals surface area contributed by atoms with E-state index in [4.69, 9.17) is 0 Å². The third-order valence-electron chi connectivity index (χ3n) is 3.76. The molecule has 0 bridgehead atoms. The SMILES string of the molecule is CCC(CO)Nc1nc(Nc2cccc(O)c2)nc2ccccc12. The van der Waals surface area contributed by atoms with Gasteiger partial charge in [0.1, 0.15) is 11.6 Å². The second-order valence-electron chi connectivity index (χ2n) is 5.52. The van der Waals surface area contributed by atoms with Crippen molar-refractivity contribution >= 4 is 28.4 Å². The minimum absolute atomic E-state index is 0.0319. The second-order valence-corrected chi connectivity index (χ2v) is 5.52. The van der Waals surface area contributed by atoms with Crippen LogP contribution in [-0.2, 0) is 0 Å². The van der Waals surface area contributed by atoms with Crippen LogP contribution in [0.2, 0.25) is 0 Å². The molecular weight excluding hydrogens is 304 g/mol. The minimum Gasteiger partial charge on any atom is -0.508 e. The van der Waals surface area contributed by atoms with E-state index in [-0.39, 0.29) is 18.4 Å². The smallest absolute Gasteiger partial charge is 0.229 e. The number of nitrogens with one attached hydrogen (secondary N) is 2. The summed E-state index contributed by atoms with van der Waals surface area (Å²) >= 11 is 0. The topological polar surface area (TPSA) is 90.3 Å². The summed E-state index contributed by atoms with van der Waals surface area (Å²) in [7, 11) is 0. The van der Waals surface area contributed by atoms with Crippen LogP contribution in [0.1, 0.15) is 13.3 Å². The van der Waals surface area contributed by atoms with E-state index in [0.717, 1.165) is 17.3 Å². The van der Waals surface area contributed by atoms with Crippen molar-refractivity contribution in [3.05, 3.63) is 48.5 Å². The molecule has 24 heavy (non-hydrogen) atoms. The van der Waals surface area contributed by atoms with Gasteiger partial charge in [-0.25, -0.2) is 4.98 Å². The quantitative estimate of drug-likeness (QED) is 0.556. The van der Waals surface area contributed by atoms with E-state index < -0.39 is 0 Å². The minimum atomic E-state index is -0.0723. The lowest BCUT2D eigenvalue weighted by Gasteiger charge is -2.17. The van der Waals surface area contributed by atoms with Gasteiger partial charge in [-0.2, -0.15) is 4.98 Å².